The number of aromatic nitrogens is 2. The van der Waals surface area contributed by atoms with E-state index in [1.807, 2.05) is 29.5 Å². The Labute approximate surface area is 106 Å². The first-order valence-corrected chi connectivity index (χ1v) is 5.89. The minimum atomic E-state index is -0.847. The van der Waals surface area contributed by atoms with Crippen LogP contribution in [0.2, 0.25) is 0 Å². The van der Waals surface area contributed by atoms with Crippen LogP contribution in [-0.2, 0) is 0 Å². The molecule has 0 spiro atoms. The highest BCUT2D eigenvalue weighted by Gasteiger charge is 2.27. The lowest BCUT2D eigenvalue weighted by Gasteiger charge is -2.30. The Hall–Kier alpha value is -0.670. The summed E-state index contributed by atoms with van der Waals surface area (Å²) in [5.41, 5.74) is -1.10. The van der Waals surface area contributed by atoms with Gasteiger partial charge in [-0.1, -0.05) is 6.92 Å². The van der Waals surface area contributed by atoms with Gasteiger partial charge in [0.05, 0.1) is 25.1 Å². The van der Waals surface area contributed by atoms with E-state index in [-0.39, 0.29) is 18.8 Å². The number of hydrogen-bond donors (Lipinski definition) is 4. The van der Waals surface area contributed by atoms with Crippen molar-refractivity contribution < 1.29 is 10.2 Å². The van der Waals surface area contributed by atoms with Gasteiger partial charge in [0.15, 0.2) is 0 Å². The number of nitrogens with one attached hydrogen (secondary N) is 2. The molecule has 0 radical (unpaired) electrons. The van der Waals surface area contributed by atoms with Gasteiger partial charge in [-0.2, -0.15) is 0 Å². The van der Waals surface area contributed by atoms with E-state index in [1.54, 1.807) is 0 Å². The van der Waals surface area contributed by atoms with E-state index in [0.29, 0.717) is 15.8 Å². The maximum Gasteiger partial charge on any atom is 0.266 e. The number of rotatable bonds is 5. The first kappa shape index (κ1) is 13.4. The molecule has 7 heteroatoms. The number of hydrogen-bond acceptors (Lipinski definition) is 5. The molecule has 90 valence electrons. The third-order valence-corrected chi connectivity index (χ3v) is 3.46. The lowest BCUT2D eigenvalue weighted by Crippen LogP contribution is -2.46. The quantitative estimate of drug-likeness (QED) is 0.563. The highest BCUT2D eigenvalue weighted by atomic mass is 127. The zero-order chi connectivity index (χ0) is 12.2. The van der Waals surface area contributed by atoms with Gasteiger partial charge in [0.25, 0.3) is 5.56 Å². The number of aliphatic hydroxyl groups is 2. The molecule has 16 heavy (non-hydrogen) atoms. The second-order valence-corrected chi connectivity index (χ2v) is 4.55. The number of nitrogens with zero attached hydrogens (tertiary/aromatic N) is 1. The van der Waals surface area contributed by atoms with Crippen molar-refractivity contribution in [2.45, 2.75) is 18.9 Å². The molecule has 0 unspecified atom stereocenters. The van der Waals surface area contributed by atoms with Crippen molar-refractivity contribution in [2.24, 2.45) is 0 Å². The van der Waals surface area contributed by atoms with E-state index in [0.717, 1.165) is 0 Å². The van der Waals surface area contributed by atoms with Crippen LogP contribution in [0, 0.1) is 3.57 Å². The lowest BCUT2D eigenvalue weighted by molar-refractivity contribution is 0.132. The molecule has 1 rings (SSSR count). The van der Waals surface area contributed by atoms with Crippen molar-refractivity contribution in [3.8, 4) is 0 Å². The van der Waals surface area contributed by atoms with Gasteiger partial charge in [0.1, 0.15) is 9.39 Å². The van der Waals surface area contributed by atoms with Crippen LogP contribution in [0.3, 0.4) is 0 Å². The monoisotopic (exact) mass is 339 g/mol. The number of H-pyrrole nitrogens is 1. The summed E-state index contributed by atoms with van der Waals surface area (Å²) in [7, 11) is 0. The Bertz CT molecular complexity index is 395. The van der Waals surface area contributed by atoms with Gasteiger partial charge in [0.2, 0.25) is 0 Å². The third kappa shape index (κ3) is 2.71. The van der Waals surface area contributed by atoms with Crippen LogP contribution in [0.5, 0.6) is 0 Å². The van der Waals surface area contributed by atoms with E-state index in [9.17, 15) is 15.0 Å². The van der Waals surface area contributed by atoms with Gasteiger partial charge in [0, 0.05) is 0 Å². The summed E-state index contributed by atoms with van der Waals surface area (Å²) in [4.78, 5) is 17.7. The first-order chi connectivity index (χ1) is 7.58. The fourth-order valence-electron chi connectivity index (χ4n) is 1.16. The largest absolute Gasteiger partial charge is 0.394 e. The summed E-state index contributed by atoms with van der Waals surface area (Å²) in [5.74, 6) is 0.370. The molecular formula is C9H14IN3O3. The standard InChI is InChI=1S/C9H14IN3O3/c1-2-9(3-14,4-15)13-7-6(10)8(16)12-5-11-7/h5,14-15H,2-4H2,1H3,(H2,11,12,13,16). The van der Waals surface area contributed by atoms with Gasteiger partial charge >= 0.3 is 0 Å². The summed E-state index contributed by atoms with van der Waals surface area (Å²) >= 11 is 1.86. The SMILES string of the molecule is CCC(CO)(CO)Nc1nc[nH]c(=O)c1I. The van der Waals surface area contributed by atoms with Crippen molar-refractivity contribution in [1.29, 1.82) is 0 Å². The average Bonchev–Trinajstić information content (AvgIpc) is 2.32. The zero-order valence-electron chi connectivity index (χ0n) is 8.83. The molecule has 0 aliphatic rings. The lowest BCUT2D eigenvalue weighted by atomic mass is 9.98. The van der Waals surface area contributed by atoms with Crippen LogP contribution in [-0.4, -0.2) is 38.9 Å². The minimum absolute atomic E-state index is 0.232. The Kier molecular flexibility index (Phi) is 4.69. The molecule has 1 aromatic rings. The third-order valence-electron chi connectivity index (χ3n) is 2.46. The zero-order valence-corrected chi connectivity index (χ0v) is 11.0. The Morgan fingerprint density at radius 3 is 2.69 bits per heavy atom. The van der Waals surface area contributed by atoms with Crippen LogP contribution in [0.15, 0.2) is 11.1 Å². The molecule has 0 amide bonds. The molecule has 0 aromatic carbocycles. The predicted octanol–water partition coefficient (Wildman–Crippen LogP) is -0.0802. The molecular weight excluding hydrogens is 325 g/mol. The summed E-state index contributed by atoms with van der Waals surface area (Å²) in [5, 5.41) is 21.4. The summed E-state index contributed by atoms with van der Waals surface area (Å²) in [6, 6.07) is 0. The van der Waals surface area contributed by atoms with Gasteiger partial charge < -0.3 is 20.5 Å². The van der Waals surface area contributed by atoms with E-state index in [4.69, 9.17) is 0 Å². The van der Waals surface area contributed by atoms with Crippen LogP contribution in [0.1, 0.15) is 13.3 Å². The van der Waals surface area contributed by atoms with Crippen molar-refractivity contribution in [2.75, 3.05) is 18.5 Å². The van der Waals surface area contributed by atoms with E-state index >= 15 is 0 Å². The highest BCUT2D eigenvalue weighted by Crippen LogP contribution is 2.18. The van der Waals surface area contributed by atoms with Crippen LogP contribution < -0.4 is 10.9 Å². The fraction of sp³-hybridized carbons (Fsp3) is 0.556. The normalized spacial score (nSPS) is 11.5. The molecule has 0 saturated heterocycles. The van der Waals surface area contributed by atoms with Crippen molar-refractivity contribution in [3.05, 3.63) is 20.3 Å². The van der Waals surface area contributed by atoms with Crippen molar-refractivity contribution in [3.63, 3.8) is 0 Å². The van der Waals surface area contributed by atoms with E-state index < -0.39 is 5.54 Å². The van der Waals surface area contributed by atoms with Crippen molar-refractivity contribution in [1.82, 2.24) is 9.97 Å². The number of halogens is 1. The second-order valence-electron chi connectivity index (χ2n) is 3.47. The maximum atomic E-state index is 11.3. The highest BCUT2D eigenvalue weighted by molar-refractivity contribution is 14.1. The first-order valence-electron chi connectivity index (χ1n) is 4.81. The van der Waals surface area contributed by atoms with Gasteiger partial charge in [-0.25, -0.2) is 4.98 Å². The molecule has 1 aromatic heterocycles. The van der Waals surface area contributed by atoms with E-state index in [2.05, 4.69) is 15.3 Å². The molecule has 0 aliphatic heterocycles. The smallest absolute Gasteiger partial charge is 0.266 e. The Morgan fingerprint density at radius 1 is 1.56 bits per heavy atom. The predicted molar refractivity (Wildman–Crippen MR) is 68.4 cm³/mol. The Balaban J connectivity index is 3.03. The maximum absolute atomic E-state index is 11.3. The summed E-state index contributed by atoms with van der Waals surface area (Å²) < 4.78 is 0.403. The number of aromatic amines is 1. The second kappa shape index (κ2) is 5.60. The molecule has 0 fully saturated rings. The van der Waals surface area contributed by atoms with Gasteiger partial charge in [-0.05, 0) is 29.0 Å². The molecule has 1 heterocycles. The Morgan fingerprint density at radius 2 is 2.19 bits per heavy atom. The molecule has 0 atom stereocenters. The van der Waals surface area contributed by atoms with E-state index in [1.165, 1.54) is 6.33 Å². The number of anilines is 1. The average molecular weight is 339 g/mol. The topological polar surface area (TPSA) is 98.2 Å². The summed E-state index contributed by atoms with van der Waals surface area (Å²) in [6.45, 7) is 1.37. The molecule has 0 aliphatic carbocycles. The summed E-state index contributed by atoms with van der Waals surface area (Å²) in [6.07, 6.45) is 1.80. The molecule has 4 N–H and O–H groups in total. The molecule has 0 bridgehead atoms. The minimum Gasteiger partial charge on any atom is -0.394 e. The van der Waals surface area contributed by atoms with Crippen LogP contribution >= 0.6 is 22.6 Å². The van der Waals surface area contributed by atoms with Gasteiger partial charge in [-0.3, -0.25) is 4.79 Å². The fourth-order valence-corrected chi connectivity index (χ4v) is 1.59. The number of aliphatic hydroxyl groups excluding tert-OH is 2. The van der Waals surface area contributed by atoms with Crippen molar-refractivity contribution >= 4 is 28.4 Å². The van der Waals surface area contributed by atoms with Crippen LogP contribution in [0.25, 0.3) is 0 Å². The van der Waals surface area contributed by atoms with Gasteiger partial charge in [-0.15, -0.1) is 0 Å². The van der Waals surface area contributed by atoms with Crippen LogP contribution in [0.4, 0.5) is 5.82 Å². The molecule has 0 saturated carbocycles. The molecule has 6 nitrogen and oxygen atoms in total.